The number of carboxylic acid groups (broad SMARTS) is 1. The Bertz CT molecular complexity index is 832. The second-order valence-electron chi connectivity index (χ2n) is 5.48. The minimum atomic E-state index is -1.34. The fourth-order valence-corrected chi connectivity index (χ4v) is 2.93. The van der Waals surface area contributed by atoms with Crippen LogP contribution >= 0.6 is 0 Å². The van der Waals surface area contributed by atoms with Crippen molar-refractivity contribution in [1.82, 2.24) is 10.3 Å². The Balaban J connectivity index is 2.06. The van der Waals surface area contributed by atoms with E-state index in [9.17, 15) is 9.59 Å². The molecular formula is C18H16N2O4. The number of nitrogens with zero attached hydrogens (tertiary/aromatic N) is 1. The fourth-order valence-electron chi connectivity index (χ4n) is 2.93. The van der Waals surface area contributed by atoms with Crippen molar-refractivity contribution in [1.29, 1.82) is 0 Å². The number of carbonyl (C=O) groups is 2. The SMILES string of the molecule is COc1cc(-c2ccc3c(c2)CC=C[C@]3(C=O)NC(=O)O)ccn1. The van der Waals surface area contributed by atoms with E-state index < -0.39 is 11.6 Å². The van der Waals surface area contributed by atoms with Gasteiger partial charge in [0, 0.05) is 12.3 Å². The molecule has 1 aliphatic rings. The van der Waals surface area contributed by atoms with E-state index in [0.717, 1.165) is 16.7 Å². The van der Waals surface area contributed by atoms with E-state index in [1.165, 1.54) is 0 Å². The van der Waals surface area contributed by atoms with E-state index >= 15 is 0 Å². The molecule has 1 heterocycles. The van der Waals surface area contributed by atoms with Gasteiger partial charge in [-0.15, -0.1) is 0 Å². The third-order valence-corrected chi connectivity index (χ3v) is 4.05. The Morgan fingerprint density at radius 2 is 2.12 bits per heavy atom. The Morgan fingerprint density at radius 1 is 1.33 bits per heavy atom. The van der Waals surface area contributed by atoms with Gasteiger partial charge < -0.3 is 15.2 Å². The molecule has 1 amide bonds. The molecular weight excluding hydrogens is 308 g/mol. The number of amides is 1. The van der Waals surface area contributed by atoms with Crippen molar-refractivity contribution in [3.63, 3.8) is 0 Å². The molecule has 0 unspecified atom stereocenters. The predicted molar refractivity (Wildman–Crippen MR) is 88.0 cm³/mol. The van der Waals surface area contributed by atoms with Gasteiger partial charge in [0.2, 0.25) is 5.88 Å². The van der Waals surface area contributed by atoms with E-state index in [1.807, 2.05) is 24.3 Å². The van der Waals surface area contributed by atoms with Crippen LogP contribution in [0.3, 0.4) is 0 Å². The minimum Gasteiger partial charge on any atom is -0.481 e. The highest BCUT2D eigenvalue weighted by Gasteiger charge is 2.35. The quantitative estimate of drug-likeness (QED) is 0.666. The number of aromatic nitrogens is 1. The summed E-state index contributed by atoms with van der Waals surface area (Å²) in [5, 5.41) is 11.4. The highest BCUT2D eigenvalue weighted by Crippen LogP contribution is 2.33. The van der Waals surface area contributed by atoms with E-state index in [0.29, 0.717) is 24.2 Å². The van der Waals surface area contributed by atoms with Crippen LogP contribution < -0.4 is 10.1 Å². The minimum absolute atomic E-state index is 0.514. The standard InChI is InChI=1S/C18H16N2O4/c1-24-16-10-13(6-8-19-16)12-4-5-15-14(9-12)3-2-7-18(15,11-21)20-17(22)23/h2,4-11,20H,3H2,1H3,(H,22,23)/t18-/m1/s1. The first-order valence-corrected chi connectivity index (χ1v) is 7.37. The number of hydrogen-bond acceptors (Lipinski definition) is 4. The molecule has 1 aromatic heterocycles. The summed E-state index contributed by atoms with van der Waals surface area (Å²) in [7, 11) is 1.56. The van der Waals surface area contributed by atoms with E-state index in [-0.39, 0.29) is 0 Å². The van der Waals surface area contributed by atoms with Gasteiger partial charge in [0.05, 0.1) is 7.11 Å². The second-order valence-corrected chi connectivity index (χ2v) is 5.48. The van der Waals surface area contributed by atoms with Gasteiger partial charge in [-0.2, -0.15) is 0 Å². The maximum atomic E-state index is 11.6. The summed E-state index contributed by atoms with van der Waals surface area (Å²) in [6.45, 7) is 0. The summed E-state index contributed by atoms with van der Waals surface area (Å²) >= 11 is 0. The van der Waals surface area contributed by atoms with Gasteiger partial charge in [-0.25, -0.2) is 9.78 Å². The molecule has 2 aromatic rings. The van der Waals surface area contributed by atoms with Crippen LogP contribution in [0.15, 0.2) is 48.7 Å². The van der Waals surface area contributed by atoms with Gasteiger partial charge in [0.15, 0.2) is 6.29 Å². The Morgan fingerprint density at radius 3 is 2.83 bits per heavy atom. The molecule has 0 fully saturated rings. The smallest absolute Gasteiger partial charge is 0.405 e. The zero-order chi connectivity index (χ0) is 17.2. The van der Waals surface area contributed by atoms with E-state index in [1.54, 1.807) is 31.5 Å². The number of hydrogen-bond donors (Lipinski definition) is 2. The number of methoxy groups -OCH3 is 1. The molecule has 0 spiro atoms. The first-order chi connectivity index (χ1) is 11.6. The summed E-state index contributed by atoms with van der Waals surface area (Å²) in [4.78, 5) is 26.8. The van der Waals surface area contributed by atoms with E-state index in [2.05, 4.69) is 10.3 Å². The molecule has 6 heteroatoms. The van der Waals surface area contributed by atoms with Crippen LogP contribution in [-0.2, 0) is 16.8 Å². The third-order valence-electron chi connectivity index (χ3n) is 4.05. The van der Waals surface area contributed by atoms with Crippen LogP contribution in [-0.4, -0.2) is 29.6 Å². The van der Waals surface area contributed by atoms with Gasteiger partial charge in [-0.3, -0.25) is 4.79 Å². The lowest BCUT2D eigenvalue weighted by Gasteiger charge is -2.30. The molecule has 122 valence electrons. The summed E-state index contributed by atoms with van der Waals surface area (Å²) in [5.41, 5.74) is 2.08. The Kier molecular flexibility index (Phi) is 4.04. The Hall–Kier alpha value is -3.15. The average molecular weight is 324 g/mol. The first-order valence-electron chi connectivity index (χ1n) is 7.37. The second kappa shape index (κ2) is 6.16. The zero-order valence-electron chi connectivity index (χ0n) is 13.0. The molecule has 1 atom stereocenters. The number of rotatable bonds is 4. The largest absolute Gasteiger partial charge is 0.481 e. The van der Waals surface area contributed by atoms with Crippen LogP contribution in [0.2, 0.25) is 0 Å². The topological polar surface area (TPSA) is 88.5 Å². The van der Waals surface area contributed by atoms with Crippen LogP contribution in [0.4, 0.5) is 4.79 Å². The van der Waals surface area contributed by atoms with Crippen molar-refractivity contribution in [3.05, 3.63) is 59.8 Å². The van der Waals surface area contributed by atoms with Crippen LogP contribution in [0.5, 0.6) is 5.88 Å². The van der Waals surface area contributed by atoms with Gasteiger partial charge in [0.25, 0.3) is 0 Å². The summed E-state index contributed by atoms with van der Waals surface area (Å²) in [6, 6.07) is 9.28. The number of allylic oxidation sites excluding steroid dienone is 1. The van der Waals surface area contributed by atoms with Crippen molar-refractivity contribution >= 4 is 12.4 Å². The van der Waals surface area contributed by atoms with Gasteiger partial charge in [0.1, 0.15) is 5.54 Å². The van der Waals surface area contributed by atoms with Gasteiger partial charge >= 0.3 is 6.09 Å². The normalized spacial score (nSPS) is 18.5. The molecule has 0 aliphatic heterocycles. The highest BCUT2D eigenvalue weighted by atomic mass is 16.5. The molecule has 1 aliphatic carbocycles. The number of nitrogens with one attached hydrogen (secondary N) is 1. The predicted octanol–water partition coefficient (Wildman–Crippen LogP) is 2.53. The number of ether oxygens (including phenoxy) is 1. The number of fused-ring (bicyclic) bond motifs is 1. The van der Waals surface area contributed by atoms with Crippen molar-refractivity contribution in [2.75, 3.05) is 7.11 Å². The highest BCUT2D eigenvalue weighted by molar-refractivity contribution is 5.81. The third kappa shape index (κ3) is 2.74. The summed E-state index contributed by atoms with van der Waals surface area (Å²) < 4.78 is 5.14. The van der Waals surface area contributed by atoms with E-state index in [4.69, 9.17) is 9.84 Å². The fraction of sp³-hybridized carbons (Fsp3) is 0.167. The van der Waals surface area contributed by atoms with Crippen molar-refractivity contribution < 1.29 is 19.4 Å². The van der Waals surface area contributed by atoms with Gasteiger partial charge in [-0.1, -0.05) is 30.4 Å². The molecule has 0 radical (unpaired) electrons. The van der Waals surface area contributed by atoms with Crippen LogP contribution in [0.1, 0.15) is 11.1 Å². The zero-order valence-corrected chi connectivity index (χ0v) is 13.0. The van der Waals surface area contributed by atoms with Crippen molar-refractivity contribution in [3.8, 4) is 17.0 Å². The molecule has 2 N–H and O–H groups in total. The molecule has 1 aromatic carbocycles. The molecule has 3 rings (SSSR count). The summed E-state index contributed by atoms with van der Waals surface area (Å²) in [5.74, 6) is 0.514. The Labute approximate surface area is 138 Å². The first kappa shape index (κ1) is 15.7. The number of benzene rings is 1. The average Bonchev–Trinajstić information content (AvgIpc) is 2.61. The summed E-state index contributed by atoms with van der Waals surface area (Å²) in [6.07, 6.45) is 5.04. The molecule has 24 heavy (non-hydrogen) atoms. The van der Waals surface area contributed by atoms with Crippen LogP contribution in [0, 0.1) is 0 Å². The number of pyridine rings is 1. The lowest BCUT2D eigenvalue weighted by molar-refractivity contribution is -0.112. The lowest BCUT2D eigenvalue weighted by atomic mass is 9.81. The van der Waals surface area contributed by atoms with Crippen LogP contribution in [0.25, 0.3) is 11.1 Å². The monoisotopic (exact) mass is 324 g/mol. The number of aldehydes is 1. The maximum Gasteiger partial charge on any atom is 0.405 e. The molecule has 0 bridgehead atoms. The maximum absolute atomic E-state index is 11.6. The molecule has 0 saturated heterocycles. The molecule has 6 nitrogen and oxygen atoms in total. The van der Waals surface area contributed by atoms with Gasteiger partial charge in [-0.05, 0) is 34.7 Å². The molecule has 0 saturated carbocycles. The van der Waals surface area contributed by atoms with Crippen molar-refractivity contribution in [2.24, 2.45) is 0 Å². The number of carbonyl (C=O) groups excluding carboxylic acids is 1. The lowest BCUT2D eigenvalue weighted by Crippen LogP contribution is -2.46. The van der Waals surface area contributed by atoms with Crippen molar-refractivity contribution in [2.45, 2.75) is 12.0 Å².